The molecule has 3 fully saturated rings. The smallest absolute Gasteiger partial charge is 0.225 e. The van der Waals surface area contributed by atoms with E-state index in [9.17, 15) is 4.79 Å². The van der Waals surface area contributed by atoms with Gasteiger partial charge in [-0.05, 0) is 50.9 Å². The lowest BCUT2D eigenvalue weighted by molar-refractivity contribution is -0.139. The number of nitrogens with zero attached hydrogens (tertiary/aromatic N) is 2. The summed E-state index contributed by atoms with van der Waals surface area (Å²) in [6, 6.07) is 1.02. The van der Waals surface area contributed by atoms with Crippen LogP contribution in [0.25, 0.3) is 0 Å². The van der Waals surface area contributed by atoms with E-state index in [1.807, 2.05) is 0 Å². The van der Waals surface area contributed by atoms with Crippen LogP contribution in [0.4, 0.5) is 0 Å². The summed E-state index contributed by atoms with van der Waals surface area (Å²) in [5.74, 6) is 1.49. The van der Waals surface area contributed by atoms with Crippen molar-refractivity contribution in [3.05, 3.63) is 0 Å². The third-order valence-electron chi connectivity index (χ3n) is 6.19. The van der Waals surface area contributed by atoms with Crippen LogP contribution in [0.2, 0.25) is 0 Å². The predicted octanol–water partition coefficient (Wildman–Crippen LogP) is 3.07. The Bertz CT molecular complexity index is 380. The second-order valence-corrected chi connectivity index (χ2v) is 7.90. The van der Waals surface area contributed by atoms with Gasteiger partial charge in [0.2, 0.25) is 5.91 Å². The largest absolute Gasteiger partial charge is 0.340 e. The number of rotatable bonds is 2. The molecular weight excluding hydrogens is 345 g/mol. The molecule has 0 aromatic carbocycles. The number of hydrogen-bond acceptors (Lipinski definition) is 3. The fourth-order valence-corrected chi connectivity index (χ4v) is 4.63. The van der Waals surface area contributed by atoms with Crippen molar-refractivity contribution in [3.8, 4) is 0 Å². The summed E-state index contributed by atoms with van der Waals surface area (Å²) < 4.78 is 0. The molecule has 0 spiro atoms. The number of carbonyl (C=O) groups is 1. The highest BCUT2D eigenvalue weighted by Crippen LogP contribution is 2.29. The Morgan fingerprint density at radius 2 is 1.54 bits per heavy atom. The minimum absolute atomic E-state index is 0. The van der Waals surface area contributed by atoms with Crippen molar-refractivity contribution >= 4 is 30.7 Å². The first-order chi connectivity index (χ1) is 10.6. The van der Waals surface area contributed by atoms with Gasteiger partial charge in [0.15, 0.2) is 0 Å². The molecule has 1 heterocycles. The van der Waals surface area contributed by atoms with Gasteiger partial charge in [0, 0.05) is 44.2 Å². The third-order valence-corrected chi connectivity index (χ3v) is 6.19. The van der Waals surface area contributed by atoms with Gasteiger partial charge in [-0.15, -0.1) is 24.8 Å². The molecule has 24 heavy (non-hydrogen) atoms. The summed E-state index contributed by atoms with van der Waals surface area (Å²) in [7, 11) is 0. The maximum atomic E-state index is 12.7. The molecule has 2 saturated carbocycles. The van der Waals surface area contributed by atoms with E-state index in [0.29, 0.717) is 5.91 Å². The number of amides is 1. The van der Waals surface area contributed by atoms with Gasteiger partial charge in [-0.2, -0.15) is 0 Å². The van der Waals surface area contributed by atoms with Crippen LogP contribution in [0.15, 0.2) is 0 Å². The molecule has 6 heteroatoms. The Kier molecular flexibility index (Phi) is 9.35. The minimum atomic E-state index is 0. The van der Waals surface area contributed by atoms with E-state index in [4.69, 9.17) is 5.73 Å². The zero-order valence-electron chi connectivity index (χ0n) is 15.0. The molecule has 3 aliphatic rings. The number of hydrogen-bond donors (Lipinski definition) is 1. The molecule has 2 N–H and O–H groups in total. The summed E-state index contributed by atoms with van der Waals surface area (Å²) in [4.78, 5) is 17.4. The van der Waals surface area contributed by atoms with E-state index in [1.54, 1.807) is 0 Å². The highest BCUT2D eigenvalue weighted by atomic mass is 35.5. The van der Waals surface area contributed by atoms with E-state index < -0.39 is 0 Å². The van der Waals surface area contributed by atoms with Crippen molar-refractivity contribution in [2.75, 3.05) is 26.2 Å². The zero-order chi connectivity index (χ0) is 15.5. The quantitative estimate of drug-likeness (QED) is 0.801. The summed E-state index contributed by atoms with van der Waals surface area (Å²) in [5.41, 5.74) is 6.04. The van der Waals surface area contributed by atoms with Crippen molar-refractivity contribution in [2.24, 2.45) is 17.6 Å². The first-order valence-electron chi connectivity index (χ1n) is 9.42. The van der Waals surface area contributed by atoms with Crippen LogP contribution in [0, 0.1) is 11.8 Å². The molecule has 0 aromatic heterocycles. The van der Waals surface area contributed by atoms with Crippen molar-refractivity contribution in [1.29, 1.82) is 0 Å². The van der Waals surface area contributed by atoms with Crippen LogP contribution in [0.1, 0.15) is 58.3 Å². The van der Waals surface area contributed by atoms with E-state index in [1.165, 1.54) is 25.7 Å². The Morgan fingerprint density at radius 1 is 0.917 bits per heavy atom. The summed E-state index contributed by atoms with van der Waals surface area (Å²) >= 11 is 0. The maximum absolute atomic E-state index is 12.7. The van der Waals surface area contributed by atoms with Gasteiger partial charge >= 0.3 is 0 Å². The van der Waals surface area contributed by atoms with E-state index >= 15 is 0 Å². The van der Waals surface area contributed by atoms with Gasteiger partial charge in [-0.3, -0.25) is 9.69 Å². The van der Waals surface area contributed by atoms with Gasteiger partial charge in [0.25, 0.3) is 0 Å². The average molecular weight is 380 g/mol. The van der Waals surface area contributed by atoms with Crippen molar-refractivity contribution in [1.82, 2.24) is 9.80 Å². The number of carbonyl (C=O) groups excluding carboxylic acids is 1. The first-order valence-corrected chi connectivity index (χ1v) is 9.42. The SMILES string of the molecule is CC1CCC(N2CCN(C(=O)C3CCCC(N)C3)CC2)CC1.Cl.Cl. The Hall–Kier alpha value is -0.0300. The molecule has 142 valence electrons. The molecule has 2 atom stereocenters. The zero-order valence-corrected chi connectivity index (χ0v) is 16.6. The summed E-state index contributed by atoms with van der Waals surface area (Å²) in [6.45, 7) is 6.38. The minimum Gasteiger partial charge on any atom is -0.340 e. The lowest BCUT2D eigenvalue weighted by Crippen LogP contribution is -2.54. The molecule has 1 amide bonds. The number of halogens is 2. The second kappa shape index (κ2) is 10.2. The molecule has 1 saturated heterocycles. The Morgan fingerprint density at radius 3 is 2.12 bits per heavy atom. The third kappa shape index (κ3) is 5.48. The molecular formula is C18H35Cl2N3O. The van der Waals surface area contributed by atoms with E-state index in [0.717, 1.165) is 63.8 Å². The summed E-state index contributed by atoms with van der Waals surface area (Å²) in [6.07, 6.45) is 9.63. The highest BCUT2D eigenvalue weighted by Gasteiger charge is 2.32. The predicted molar refractivity (Wildman–Crippen MR) is 104 cm³/mol. The first kappa shape index (κ1) is 22.0. The lowest BCUT2D eigenvalue weighted by atomic mass is 9.85. The average Bonchev–Trinajstić information content (AvgIpc) is 2.55. The van der Waals surface area contributed by atoms with Crippen LogP contribution >= 0.6 is 24.8 Å². The molecule has 1 aliphatic heterocycles. The highest BCUT2D eigenvalue weighted by molar-refractivity contribution is 5.85. The van der Waals surface area contributed by atoms with Crippen molar-refractivity contribution in [3.63, 3.8) is 0 Å². The molecule has 0 radical (unpaired) electrons. The van der Waals surface area contributed by atoms with Crippen LogP contribution in [0.3, 0.4) is 0 Å². The fourth-order valence-electron chi connectivity index (χ4n) is 4.63. The molecule has 2 aliphatic carbocycles. The normalized spacial score (nSPS) is 34.8. The molecule has 2 unspecified atom stereocenters. The van der Waals surface area contributed by atoms with Gasteiger partial charge in [-0.25, -0.2) is 0 Å². The Labute approximate surface area is 159 Å². The van der Waals surface area contributed by atoms with Crippen LogP contribution in [-0.4, -0.2) is 54.0 Å². The van der Waals surface area contributed by atoms with Crippen LogP contribution in [-0.2, 0) is 4.79 Å². The van der Waals surface area contributed by atoms with Gasteiger partial charge < -0.3 is 10.6 Å². The van der Waals surface area contributed by atoms with Gasteiger partial charge in [0.1, 0.15) is 0 Å². The maximum Gasteiger partial charge on any atom is 0.225 e. The van der Waals surface area contributed by atoms with Gasteiger partial charge in [-0.1, -0.05) is 13.3 Å². The second-order valence-electron chi connectivity index (χ2n) is 7.90. The summed E-state index contributed by atoms with van der Waals surface area (Å²) in [5, 5.41) is 0. The van der Waals surface area contributed by atoms with Crippen molar-refractivity contribution in [2.45, 2.75) is 70.4 Å². The monoisotopic (exact) mass is 379 g/mol. The van der Waals surface area contributed by atoms with Gasteiger partial charge in [0.05, 0.1) is 0 Å². The van der Waals surface area contributed by atoms with Crippen molar-refractivity contribution < 1.29 is 4.79 Å². The lowest BCUT2D eigenvalue weighted by Gasteiger charge is -2.42. The standard InChI is InChI=1S/C18H33N3O.2ClH/c1-14-5-7-17(8-6-14)20-9-11-21(12-10-20)18(22)15-3-2-4-16(19)13-15;;/h14-17H,2-13,19H2,1H3;2*1H. The Balaban J connectivity index is 0.00000144. The van der Waals surface area contributed by atoms with E-state index in [-0.39, 0.29) is 36.8 Å². The number of nitrogens with two attached hydrogens (primary N) is 1. The number of piperazine rings is 1. The molecule has 0 bridgehead atoms. The fraction of sp³-hybridized carbons (Fsp3) is 0.944. The van der Waals surface area contributed by atoms with E-state index in [2.05, 4.69) is 16.7 Å². The van der Waals surface area contributed by atoms with Crippen LogP contribution in [0.5, 0.6) is 0 Å². The van der Waals surface area contributed by atoms with Crippen LogP contribution < -0.4 is 5.73 Å². The molecule has 0 aromatic rings. The molecule has 4 nitrogen and oxygen atoms in total. The molecule has 3 rings (SSSR count). The topological polar surface area (TPSA) is 49.6 Å².